The van der Waals surface area contributed by atoms with Gasteiger partial charge in [0.15, 0.2) is 0 Å². The minimum Gasteiger partial charge on any atom is -0.492 e. The third-order valence-electron chi connectivity index (χ3n) is 2.17. The number of nitrogens with zero attached hydrogens (tertiary/aromatic N) is 2. The molecule has 3 heteroatoms. The smallest absolute Gasteiger partial charge is 0.140 e. The van der Waals surface area contributed by atoms with Crippen molar-refractivity contribution in [2.45, 2.75) is 26.7 Å². The second kappa shape index (κ2) is 6.02. The predicted octanol–water partition coefficient (Wildman–Crippen LogP) is 2.77. The fourth-order valence-electron chi connectivity index (χ4n) is 1.35. The van der Waals surface area contributed by atoms with Gasteiger partial charge in [-0.25, -0.2) is 4.98 Å². The molecule has 15 heavy (non-hydrogen) atoms. The van der Waals surface area contributed by atoms with E-state index in [1.54, 1.807) is 18.3 Å². The van der Waals surface area contributed by atoms with Crippen molar-refractivity contribution in [3.63, 3.8) is 0 Å². The number of nitriles is 1. The quantitative estimate of drug-likeness (QED) is 0.740. The molecule has 3 nitrogen and oxygen atoms in total. The summed E-state index contributed by atoms with van der Waals surface area (Å²) < 4.78 is 5.55. The van der Waals surface area contributed by atoms with Gasteiger partial charge >= 0.3 is 0 Å². The van der Waals surface area contributed by atoms with Crippen LogP contribution in [0.4, 0.5) is 0 Å². The Morgan fingerprint density at radius 3 is 2.87 bits per heavy atom. The maximum Gasteiger partial charge on any atom is 0.140 e. The Bertz CT molecular complexity index is 326. The van der Waals surface area contributed by atoms with Crippen LogP contribution >= 0.6 is 0 Å². The molecule has 0 aliphatic rings. The van der Waals surface area contributed by atoms with E-state index in [-0.39, 0.29) is 0 Å². The molecular weight excluding hydrogens is 188 g/mol. The molecule has 0 spiro atoms. The van der Waals surface area contributed by atoms with Gasteiger partial charge in [0, 0.05) is 0 Å². The van der Waals surface area contributed by atoms with Gasteiger partial charge < -0.3 is 4.74 Å². The van der Waals surface area contributed by atoms with Crippen molar-refractivity contribution < 1.29 is 4.74 Å². The van der Waals surface area contributed by atoms with E-state index in [1.165, 1.54) is 12.8 Å². The first-order valence-corrected chi connectivity index (χ1v) is 5.25. The summed E-state index contributed by atoms with van der Waals surface area (Å²) in [5.74, 6) is 1.29. The van der Waals surface area contributed by atoms with Gasteiger partial charge in [-0.15, -0.1) is 0 Å². The summed E-state index contributed by atoms with van der Waals surface area (Å²) >= 11 is 0. The standard InChI is InChI=1S/C12H16N2O/c1-3-4-10(2)9-15-12-6-5-11(7-13)14-8-12/h5-6,8,10H,3-4,9H2,1-2H3. The van der Waals surface area contributed by atoms with Gasteiger partial charge in [-0.1, -0.05) is 20.3 Å². The molecule has 0 radical (unpaired) electrons. The molecule has 1 aromatic rings. The summed E-state index contributed by atoms with van der Waals surface area (Å²) in [6, 6.07) is 5.42. The first-order chi connectivity index (χ1) is 7.26. The number of rotatable bonds is 5. The topological polar surface area (TPSA) is 45.9 Å². The van der Waals surface area contributed by atoms with Crippen molar-refractivity contribution in [1.82, 2.24) is 4.98 Å². The van der Waals surface area contributed by atoms with Crippen molar-refractivity contribution in [2.75, 3.05) is 6.61 Å². The Balaban J connectivity index is 2.41. The first-order valence-electron chi connectivity index (χ1n) is 5.25. The zero-order valence-electron chi connectivity index (χ0n) is 9.23. The molecule has 0 saturated heterocycles. The SMILES string of the molecule is CCCC(C)COc1ccc(C#N)nc1. The molecule has 0 N–H and O–H groups in total. The van der Waals surface area contributed by atoms with Crippen molar-refractivity contribution in [3.8, 4) is 11.8 Å². The maximum absolute atomic E-state index is 8.56. The lowest BCUT2D eigenvalue weighted by atomic mass is 10.1. The Morgan fingerprint density at radius 1 is 1.53 bits per heavy atom. The van der Waals surface area contributed by atoms with Gasteiger partial charge in [0.05, 0.1) is 12.8 Å². The van der Waals surface area contributed by atoms with Crippen LogP contribution in [0.1, 0.15) is 32.4 Å². The minimum absolute atomic E-state index is 0.420. The van der Waals surface area contributed by atoms with E-state index in [2.05, 4.69) is 18.8 Å². The number of hydrogen-bond acceptors (Lipinski definition) is 3. The summed E-state index contributed by atoms with van der Waals surface area (Å²) in [6.45, 7) is 5.04. The lowest BCUT2D eigenvalue weighted by molar-refractivity contribution is 0.250. The van der Waals surface area contributed by atoms with Crippen LogP contribution < -0.4 is 4.74 Å². The fraction of sp³-hybridized carbons (Fsp3) is 0.500. The Morgan fingerprint density at radius 2 is 2.33 bits per heavy atom. The molecular formula is C12H16N2O. The summed E-state index contributed by atoms with van der Waals surface area (Å²) in [5.41, 5.74) is 0.420. The Kier molecular flexibility index (Phi) is 4.62. The normalized spacial score (nSPS) is 11.8. The maximum atomic E-state index is 8.56. The van der Waals surface area contributed by atoms with Crippen LogP contribution in [0.15, 0.2) is 18.3 Å². The highest BCUT2D eigenvalue weighted by atomic mass is 16.5. The number of aromatic nitrogens is 1. The second-order valence-corrected chi connectivity index (χ2v) is 3.70. The van der Waals surface area contributed by atoms with E-state index >= 15 is 0 Å². The van der Waals surface area contributed by atoms with E-state index in [0.717, 1.165) is 5.75 Å². The van der Waals surface area contributed by atoms with Crippen molar-refractivity contribution in [2.24, 2.45) is 5.92 Å². The van der Waals surface area contributed by atoms with Crippen LogP contribution in [-0.4, -0.2) is 11.6 Å². The van der Waals surface area contributed by atoms with Gasteiger partial charge in [-0.2, -0.15) is 5.26 Å². The molecule has 1 aromatic heterocycles. The minimum atomic E-state index is 0.420. The van der Waals surface area contributed by atoms with Gasteiger partial charge in [-0.3, -0.25) is 0 Å². The Labute approximate surface area is 90.7 Å². The van der Waals surface area contributed by atoms with Gasteiger partial charge in [0.2, 0.25) is 0 Å². The summed E-state index contributed by atoms with van der Waals surface area (Å²) in [6.07, 6.45) is 3.94. The monoisotopic (exact) mass is 204 g/mol. The lowest BCUT2D eigenvalue weighted by Crippen LogP contribution is -2.08. The molecule has 0 aliphatic heterocycles. The zero-order valence-corrected chi connectivity index (χ0v) is 9.23. The van der Waals surface area contributed by atoms with Gasteiger partial charge in [0.1, 0.15) is 17.5 Å². The van der Waals surface area contributed by atoms with E-state index in [4.69, 9.17) is 10.00 Å². The molecule has 80 valence electrons. The molecule has 0 bridgehead atoms. The fourth-order valence-corrected chi connectivity index (χ4v) is 1.35. The highest BCUT2D eigenvalue weighted by Crippen LogP contribution is 2.12. The summed E-state index contributed by atoms with van der Waals surface area (Å²) in [7, 11) is 0. The highest BCUT2D eigenvalue weighted by molar-refractivity contribution is 5.26. The lowest BCUT2D eigenvalue weighted by Gasteiger charge is -2.11. The van der Waals surface area contributed by atoms with E-state index < -0.39 is 0 Å². The molecule has 0 aliphatic carbocycles. The first kappa shape index (κ1) is 11.5. The molecule has 0 aromatic carbocycles. The number of ether oxygens (including phenoxy) is 1. The van der Waals surface area contributed by atoms with Crippen LogP contribution in [-0.2, 0) is 0 Å². The largest absolute Gasteiger partial charge is 0.492 e. The summed E-state index contributed by atoms with van der Waals surface area (Å²) in [5, 5.41) is 8.56. The third-order valence-corrected chi connectivity index (χ3v) is 2.17. The Hall–Kier alpha value is -1.56. The van der Waals surface area contributed by atoms with E-state index in [9.17, 15) is 0 Å². The average Bonchev–Trinajstić information content (AvgIpc) is 2.27. The average molecular weight is 204 g/mol. The highest BCUT2D eigenvalue weighted by Gasteiger charge is 2.02. The van der Waals surface area contributed by atoms with Gasteiger partial charge in [-0.05, 0) is 24.5 Å². The van der Waals surface area contributed by atoms with Crippen molar-refractivity contribution in [3.05, 3.63) is 24.0 Å². The number of hydrogen-bond donors (Lipinski definition) is 0. The molecule has 0 amide bonds. The van der Waals surface area contributed by atoms with Crippen molar-refractivity contribution in [1.29, 1.82) is 5.26 Å². The van der Waals surface area contributed by atoms with Crippen LogP contribution in [0.5, 0.6) is 5.75 Å². The summed E-state index contributed by atoms with van der Waals surface area (Å²) in [4.78, 5) is 3.93. The van der Waals surface area contributed by atoms with E-state index in [1.807, 2.05) is 6.07 Å². The van der Waals surface area contributed by atoms with Gasteiger partial charge in [0.25, 0.3) is 0 Å². The number of pyridine rings is 1. The molecule has 1 atom stereocenters. The second-order valence-electron chi connectivity index (χ2n) is 3.70. The molecule has 1 heterocycles. The van der Waals surface area contributed by atoms with Crippen LogP contribution in [0, 0.1) is 17.2 Å². The zero-order chi connectivity index (χ0) is 11.1. The predicted molar refractivity (Wildman–Crippen MR) is 58.5 cm³/mol. The molecule has 1 unspecified atom stereocenters. The third kappa shape index (κ3) is 3.99. The van der Waals surface area contributed by atoms with Crippen LogP contribution in [0.3, 0.4) is 0 Å². The van der Waals surface area contributed by atoms with Crippen LogP contribution in [0.2, 0.25) is 0 Å². The molecule has 0 saturated carbocycles. The van der Waals surface area contributed by atoms with E-state index in [0.29, 0.717) is 18.2 Å². The molecule has 1 rings (SSSR count). The molecule has 0 fully saturated rings. The van der Waals surface area contributed by atoms with Crippen molar-refractivity contribution >= 4 is 0 Å². The van der Waals surface area contributed by atoms with Crippen LogP contribution in [0.25, 0.3) is 0 Å².